The van der Waals surface area contributed by atoms with Gasteiger partial charge < -0.3 is 5.11 Å². The summed E-state index contributed by atoms with van der Waals surface area (Å²) in [5.41, 5.74) is -0.447. The number of aryl methyl sites for hydroxylation is 1. The molecule has 1 aromatic rings. The molecule has 1 aromatic heterocycles. The number of hydroxylamine groups is 2. The Morgan fingerprint density at radius 1 is 1.59 bits per heavy atom. The summed E-state index contributed by atoms with van der Waals surface area (Å²) >= 11 is 0. The summed E-state index contributed by atoms with van der Waals surface area (Å²) in [7, 11) is 1.70. The number of likely N-dealkylation sites (N-methyl/N-ethyl adjacent to an activating group) is 1. The minimum atomic E-state index is -0.502. The number of hydrogen-bond donors (Lipinski definition) is 2. The minimum Gasteiger partial charge on any atom is -0.395 e. The normalized spacial score (nSPS) is 25.4. The maximum Gasteiger partial charge on any atom is 0.330 e. The highest BCUT2D eigenvalue weighted by molar-refractivity contribution is 5.01. The Hall–Kier alpha value is -1.44. The molecule has 0 aliphatic carbocycles. The van der Waals surface area contributed by atoms with E-state index in [0.717, 1.165) is 0 Å². The zero-order chi connectivity index (χ0) is 12.6. The average Bonchev–Trinajstić information content (AvgIpc) is 2.65. The Morgan fingerprint density at radius 2 is 2.29 bits per heavy atom. The Labute approximate surface area is 97.2 Å². The van der Waals surface area contributed by atoms with Crippen LogP contribution in [0, 0.1) is 6.92 Å². The first-order valence-electron chi connectivity index (χ1n) is 5.35. The van der Waals surface area contributed by atoms with Crippen LogP contribution in [-0.4, -0.2) is 39.4 Å². The molecule has 0 saturated carbocycles. The predicted molar refractivity (Wildman–Crippen MR) is 59.4 cm³/mol. The molecular formula is C10H15N3O4. The molecule has 2 heterocycles. The fourth-order valence-electron chi connectivity index (χ4n) is 1.86. The Bertz CT molecular complexity index is 521. The van der Waals surface area contributed by atoms with E-state index in [1.54, 1.807) is 14.0 Å². The number of rotatable bonds is 2. The van der Waals surface area contributed by atoms with Crippen LogP contribution in [0.5, 0.6) is 0 Å². The summed E-state index contributed by atoms with van der Waals surface area (Å²) in [5.74, 6) is 0. The molecular weight excluding hydrogens is 226 g/mol. The van der Waals surface area contributed by atoms with E-state index in [2.05, 4.69) is 4.98 Å². The van der Waals surface area contributed by atoms with Crippen molar-refractivity contribution in [2.45, 2.75) is 25.6 Å². The molecule has 7 heteroatoms. The average molecular weight is 241 g/mol. The van der Waals surface area contributed by atoms with Crippen LogP contribution in [0.2, 0.25) is 0 Å². The second-order valence-corrected chi connectivity index (χ2v) is 4.16. The smallest absolute Gasteiger partial charge is 0.330 e. The van der Waals surface area contributed by atoms with Crippen LogP contribution in [0.15, 0.2) is 15.8 Å². The number of aliphatic hydroxyl groups excluding tert-OH is 1. The maximum absolute atomic E-state index is 11.6. The van der Waals surface area contributed by atoms with Crippen molar-refractivity contribution in [2.24, 2.45) is 0 Å². The first-order chi connectivity index (χ1) is 8.02. The molecule has 2 atom stereocenters. The molecule has 0 amide bonds. The third-order valence-corrected chi connectivity index (χ3v) is 2.94. The molecule has 1 aliphatic rings. The largest absolute Gasteiger partial charge is 0.395 e. The lowest BCUT2D eigenvalue weighted by Crippen LogP contribution is -2.33. The summed E-state index contributed by atoms with van der Waals surface area (Å²) in [4.78, 5) is 30.5. The van der Waals surface area contributed by atoms with Crippen molar-refractivity contribution in [2.75, 3.05) is 13.7 Å². The lowest BCUT2D eigenvalue weighted by Gasteiger charge is -2.15. The van der Waals surface area contributed by atoms with Gasteiger partial charge in [0.2, 0.25) is 0 Å². The second-order valence-electron chi connectivity index (χ2n) is 4.16. The molecule has 1 saturated heterocycles. The quantitative estimate of drug-likeness (QED) is 0.691. The van der Waals surface area contributed by atoms with Gasteiger partial charge in [-0.2, -0.15) is 5.06 Å². The molecule has 94 valence electrons. The number of nitrogens with one attached hydrogen (secondary N) is 1. The number of aliphatic hydroxyl groups is 1. The van der Waals surface area contributed by atoms with E-state index in [9.17, 15) is 9.59 Å². The molecule has 0 bridgehead atoms. The topological polar surface area (TPSA) is 87.6 Å². The third kappa shape index (κ3) is 2.17. The lowest BCUT2D eigenvalue weighted by molar-refractivity contribution is -0.170. The van der Waals surface area contributed by atoms with Crippen LogP contribution in [0.4, 0.5) is 0 Å². The first-order valence-corrected chi connectivity index (χ1v) is 5.35. The van der Waals surface area contributed by atoms with Crippen molar-refractivity contribution >= 4 is 0 Å². The van der Waals surface area contributed by atoms with Crippen molar-refractivity contribution < 1.29 is 9.94 Å². The molecule has 7 nitrogen and oxygen atoms in total. The highest BCUT2D eigenvalue weighted by Gasteiger charge is 2.32. The van der Waals surface area contributed by atoms with Crippen molar-refractivity contribution in [1.29, 1.82) is 0 Å². The molecule has 0 unspecified atom stereocenters. The number of H-pyrrole nitrogens is 1. The molecule has 0 aromatic carbocycles. The molecule has 2 rings (SSSR count). The summed E-state index contributed by atoms with van der Waals surface area (Å²) < 4.78 is 1.34. The van der Waals surface area contributed by atoms with Gasteiger partial charge in [0.1, 0.15) is 0 Å². The van der Waals surface area contributed by atoms with Gasteiger partial charge in [0.05, 0.1) is 12.6 Å². The van der Waals surface area contributed by atoms with E-state index in [1.165, 1.54) is 15.8 Å². The van der Waals surface area contributed by atoms with Crippen molar-refractivity contribution in [3.8, 4) is 0 Å². The van der Waals surface area contributed by atoms with Crippen LogP contribution in [0.3, 0.4) is 0 Å². The van der Waals surface area contributed by atoms with Gasteiger partial charge in [-0.1, -0.05) is 0 Å². The number of nitrogens with zero attached hydrogens (tertiary/aromatic N) is 2. The van der Waals surface area contributed by atoms with Gasteiger partial charge in [-0.25, -0.2) is 4.79 Å². The monoisotopic (exact) mass is 241 g/mol. The number of aromatic nitrogens is 2. The molecule has 0 spiro atoms. The SMILES string of the molecule is Cc1cn([C@@H]2C[C@@H](CO)N(C)O2)c(=O)[nH]c1=O. The highest BCUT2D eigenvalue weighted by atomic mass is 16.7. The van der Waals surface area contributed by atoms with Crippen molar-refractivity contribution in [3.63, 3.8) is 0 Å². The van der Waals surface area contributed by atoms with E-state index < -0.39 is 17.5 Å². The van der Waals surface area contributed by atoms with Crippen LogP contribution in [-0.2, 0) is 4.84 Å². The second kappa shape index (κ2) is 4.44. The van der Waals surface area contributed by atoms with Crippen LogP contribution in [0.25, 0.3) is 0 Å². The maximum atomic E-state index is 11.6. The van der Waals surface area contributed by atoms with Gasteiger partial charge in [0.15, 0.2) is 6.23 Å². The minimum absolute atomic E-state index is 0.0376. The number of aromatic amines is 1. The summed E-state index contributed by atoms with van der Waals surface area (Å²) in [6.45, 7) is 1.58. The summed E-state index contributed by atoms with van der Waals surface area (Å²) in [6, 6.07) is -0.140. The van der Waals surface area contributed by atoms with E-state index in [4.69, 9.17) is 9.94 Å². The zero-order valence-electron chi connectivity index (χ0n) is 9.71. The highest BCUT2D eigenvalue weighted by Crippen LogP contribution is 2.25. The molecule has 0 radical (unpaired) electrons. The fourth-order valence-corrected chi connectivity index (χ4v) is 1.86. The van der Waals surface area contributed by atoms with E-state index in [-0.39, 0.29) is 12.6 Å². The summed E-state index contributed by atoms with van der Waals surface area (Å²) in [6.07, 6.45) is 1.48. The Kier molecular flexibility index (Phi) is 3.14. The van der Waals surface area contributed by atoms with Crippen molar-refractivity contribution in [3.05, 3.63) is 32.6 Å². The van der Waals surface area contributed by atoms with Gasteiger partial charge >= 0.3 is 5.69 Å². The van der Waals surface area contributed by atoms with Crippen molar-refractivity contribution in [1.82, 2.24) is 14.6 Å². The lowest BCUT2D eigenvalue weighted by atomic mass is 10.2. The summed E-state index contributed by atoms with van der Waals surface area (Å²) in [5, 5.41) is 10.6. The van der Waals surface area contributed by atoms with Gasteiger partial charge in [0.25, 0.3) is 5.56 Å². The standard InChI is InChI=1S/C10H15N3O4/c1-6-4-13(10(16)11-9(6)15)8-3-7(5-14)12(2)17-8/h4,7-8,14H,3,5H2,1-2H3,(H,11,15,16)/t7-,8-/m0/s1. The fraction of sp³-hybridized carbons (Fsp3) is 0.600. The first kappa shape index (κ1) is 12.0. The predicted octanol–water partition coefficient (Wildman–Crippen LogP) is -1.03. The van der Waals surface area contributed by atoms with Gasteiger partial charge in [-0.3, -0.25) is 19.2 Å². The zero-order valence-corrected chi connectivity index (χ0v) is 9.71. The molecule has 2 N–H and O–H groups in total. The van der Waals surface area contributed by atoms with Gasteiger partial charge in [-0.05, 0) is 6.92 Å². The van der Waals surface area contributed by atoms with Gasteiger partial charge in [0, 0.05) is 25.2 Å². The van der Waals surface area contributed by atoms with Crippen LogP contribution >= 0.6 is 0 Å². The Morgan fingerprint density at radius 3 is 2.88 bits per heavy atom. The Balaban J connectivity index is 2.34. The number of hydrogen-bond acceptors (Lipinski definition) is 5. The van der Waals surface area contributed by atoms with E-state index in [1.807, 2.05) is 0 Å². The molecule has 1 aliphatic heterocycles. The van der Waals surface area contributed by atoms with Crippen LogP contribution in [0.1, 0.15) is 18.2 Å². The van der Waals surface area contributed by atoms with E-state index >= 15 is 0 Å². The van der Waals surface area contributed by atoms with Gasteiger partial charge in [-0.15, -0.1) is 0 Å². The van der Waals surface area contributed by atoms with Crippen LogP contribution < -0.4 is 11.2 Å². The molecule has 17 heavy (non-hydrogen) atoms. The molecule has 1 fully saturated rings. The third-order valence-electron chi connectivity index (χ3n) is 2.94. The van der Waals surface area contributed by atoms with E-state index in [0.29, 0.717) is 12.0 Å².